The van der Waals surface area contributed by atoms with E-state index in [2.05, 4.69) is 10.3 Å². The summed E-state index contributed by atoms with van der Waals surface area (Å²) >= 11 is 13.1. The minimum Gasteiger partial charge on any atom is -0.469 e. The van der Waals surface area contributed by atoms with Crippen molar-refractivity contribution < 1.29 is 41.8 Å². The molecule has 220 valence electrons. The van der Waals surface area contributed by atoms with Crippen LogP contribution in [0.4, 0.5) is 18.9 Å². The third-order valence-corrected chi connectivity index (χ3v) is 7.10. The van der Waals surface area contributed by atoms with Crippen LogP contribution < -0.4 is 5.32 Å². The van der Waals surface area contributed by atoms with Crippen molar-refractivity contribution in [2.75, 3.05) is 33.2 Å². The average molecular weight is 615 g/mol. The topological polar surface area (TPSA) is 103 Å². The quantitative estimate of drug-likeness (QED) is 0.262. The summed E-state index contributed by atoms with van der Waals surface area (Å²) in [5.74, 6) is -4.81. The molecule has 1 aliphatic heterocycles. The second-order valence-electron chi connectivity index (χ2n) is 8.95. The zero-order valence-electron chi connectivity index (χ0n) is 22.3. The van der Waals surface area contributed by atoms with Crippen molar-refractivity contribution in [3.05, 3.63) is 74.9 Å². The number of aryl methyl sites for hydroxylation is 1. The van der Waals surface area contributed by atoms with Gasteiger partial charge in [-0.2, -0.15) is 13.2 Å². The second kappa shape index (κ2) is 13.9. The first kappa shape index (κ1) is 32.0. The molecule has 0 aromatic heterocycles. The van der Waals surface area contributed by atoms with E-state index in [4.69, 9.17) is 37.4 Å². The molecule has 13 heteroatoms. The molecular formula is C28H27Cl2F3N2O6. The molecule has 0 fully saturated rings. The minimum atomic E-state index is -4.44. The Balaban J connectivity index is 2.21. The Labute approximate surface area is 244 Å². The average Bonchev–Trinajstić information content (AvgIpc) is 2.93. The molecule has 0 saturated carbocycles. The molecule has 1 heterocycles. The normalized spacial score (nSPS) is 17.0. The van der Waals surface area contributed by atoms with E-state index >= 15 is 0 Å². The highest BCUT2D eigenvalue weighted by molar-refractivity contribution is 6.36. The highest BCUT2D eigenvalue weighted by Crippen LogP contribution is 2.46. The number of esters is 3. The molecule has 0 spiro atoms. The number of carbonyl (C=O) groups excluding carboxylic acids is 3. The van der Waals surface area contributed by atoms with E-state index in [0.717, 1.165) is 14.2 Å². The van der Waals surface area contributed by atoms with Crippen LogP contribution in [0.1, 0.15) is 29.9 Å². The molecule has 1 N–H and O–H groups in total. The maximum Gasteiger partial charge on any atom is 0.405 e. The number of aliphatic imine (C=N–C) groups is 1. The Morgan fingerprint density at radius 3 is 2.17 bits per heavy atom. The molecular weight excluding hydrogens is 588 g/mol. The van der Waals surface area contributed by atoms with E-state index in [-0.39, 0.29) is 51.1 Å². The number of ether oxygens (including phenoxy) is 3. The van der Waals surface area contributed by atoms with E-state index in [1.54, 1.807) is 24.3 Å². The van der Waals surface area contributed by atoms with E-state index in [1.807, 2.05) is 0 Å². The number of hydrogen-bond acceptors (Lipinski definition) is 8. The molecule has 3 rings (SSSR count). The van der Waals surface area contributed by atoms with Crippen molar-refractivity contribution in [3.8, 4) is 0 Å². The third kappa shape index (κ3) is 7.80. The number of allylic oxidation sites excluding steroid dienone is 1. The fourth-order valence-corrected chi connectivity index (χ4v) is 5.27. The highest BCUT2D eigenvalue weighted by atomic mass is 35.5. The smallest absolute Gasteiger partial charge is 0.405 e. The molecule has 0 radical (unpaired) electrons. The number of alkyl halides is 3. The fourth-order valence-electron chi connectivity index (χ4n) is 4.63. The molecule has 2 atom stereocenters. The number of rotatable bonds is 10. The van der Waals surface area contributed by atoms with Gasteiger partial charge in [0.25, 0.3) is 0 Å². The lowest BCUT2D eigenvalue weighted by molar-refractivity contribution is -0.143. The van der Waals surface area contributed by atoms with Gasteiger partial charge in [0.15, 0.2) is 0 Å². The summed E-state index contributed by atoms with van der Waals surface area (Å²) < 4.78 is 53.5. The monoisotopic (exact) mass is 614 g/mol. The van der Waals surface area contributed by atoms with Crippen LogP contribution in [0.5, 0.6) is 0 Å². The number of para-hydroxylation sites is 1. The van der Waals surface area contributed by atoms with Gasteiger partial charge in [0.05, 0.1) is 39.0 Å². The van der Waals surface area contributed by atoms with Crippen molar-refractivity contribution in [3.63, 3.8) is 0 Å². The molecule has 41 heavy (non-hydrogen) atoms. The maximum absolute atomic E-state index is 13.3. The number of nitrogens with zero attached hydrogens (tertiary/aromatic N) is 1. The van der Waals surface area contributed by atoms with Crippen LogP contribution >= 0.6 is 23.2 Å². The van der Waals surface area contributed by atoms with Gasteiger partial charge in [0.1, 0.15) is 12.5 Å². The summed E-state index contributed by atoms with van der Waals surface area (Å²) in [6, 6.07) is 11.0. The zero-order chi connectivity index (χ0) is 30.3. The van der Waals surface area contributed by atoms with Crippen molar-refractivity contribution >= 4 is 52.5 Å². The fraction of sp³-hybridized carbons (Fsp3) is 0.357. The summed E-state index contributed by atoms with van der Waals surface area (Å²) in [6.07, 6.45) is -4.70. The zero-order valence-corrected chi connectivity index (χ0v) is 23.8. The molecule has 1 aliphatic rings. The first-order chi connectivity index (χ1) is 19.4. The van der Waals surface area contributed by atoms with E-state index in [9.17, 15) is 27.6 Å². The van der Waals surface area contributed by atoms with E-state index in [1.165, 1.54) is 25.3 Å². The van der Waals surface area contributed by atoms with Gasteiger partial charge in [0.2, 0.25) is 0 Å². The Morgan fingerprint density at radius 2 is 1.59 bits per heavy atom. The lowest BCUT2D eigenvalue weighted by Gasteiger charge is -2.33. The molecule has 0 aliphatic carbocycles. The molecule has 0 bridgehead atoms. The van der Waals surface area contributed by atoms with Crippen LogP contribution in [0, 0.1) is 5.92 Å². The van der Waals surface area contributed by atoms with Gasteiger partial charge in [-0.3, -0.25) is 14.6 Å². The Kier molecular flexibility index (Phi) is 10.8. The number of hydrogen-bond donors (Lipinski definition) is 1. The van der Waals surface area contributed by atoms with E-state index in [0.29, 0.717) is 5.56 Å². The lowest BCUT2D eigenvalue weighted by atomic mass is 9.74. The lowest BCUT2D eigenvalue weighted by Crippen LogP contribution is -2.38. The molecule has 2 aromatic carbocycles. The van der Waals surface area contributed by atoms with Crippen molar-refractivity contribution in [2.45, 2.75) is 31.4 Å². The maximum atomic E-state index is 13.3. The number of benzene rings is 2. The molecule has 2 unspecified atom stereocenters. The minimum absolute atomic E-state index is 0.0201. The van der Waals surface area contributed by atoms with Gasteiger partial charge < -0.3 is 19.5 Å². The SMILES string of the molecule is COC(=O)CC1=NC(CCc2ccccc2NCC(F)(F)F)=C(C(=O)OC)C(c2c(Cl)cccc2Cl)C1C(=O)OC. The summed E-state index contributed by atoms with van der Waals surface area (Å²) in [6.45, 7) is -1.24. The highest BCUT2D eigenvalue weighted by Gasteiger charge is 2.46. The van der Waals surface area contributed by atoms with Crippen LogP contribution in [0.3, 0.4) is 0 Å². The van der Waals surface area contributed by atoms with Gasteiger partial charge in [-0.25, -0.2) is 4.79 Å². The predicted molar refractivity (Wildman–Crippen MR) is 147 cm³/mol. The Bertz CT molecular complexity index is 1360. The van der Waals surface area contributed by atoms with Gasteiger partial charge in [-0.1, -0.05) is 47.5 Å². The number of carbonyl (C=O) groups is 3. The number of anilines is 1. The Hall–Kier alpha value is -3.57. The molecule has 2 aromatic rings. The van der Waals surface area contributed by atoms with Crippen LogP contribution in [0.2, 0.25) is 10.0 Å². The van der Waals surface area contributed by atoms with Crippen molar-refractivity contribution in [1.82, 2.24) is 0 Å². The molecule has 0 amide bonds. The predicted octanol–water partition coefficient (Wildman–Crippen LogP) is 5.92. The summed E-state index contributed by atoms with van der Waals surface area (Å²) in [4.78, 5) is 43.4. The van der Waals surface area contributed by atoms with Crippen LogP contribution in [-0.4, -0.2) is 57.7 Å². The van der Waals surface area contributed by atoms with Gasteiger partial charge in [-0.15, -0.1) is 0 Å². The second-order valence-corrected chi connectivity index (χ2v) is 9.76. The molecule has 8 nitrogen and oxygen atoms in total. The van der Waals surface area contributed by atoms with Crippen LogP contribution in [0.15, 0.2) is 58.7 Å². The number of nitrogens with one attached hydrogen (secondary N) is 1. The largest absolute Gasteiger partial charge is 0.469 e. The summed E-state index contributed by atoms with van der Waals surface area (Å²) in [7, 11) is 3.46. The Morgan fingerprint density at radius 1 is 0.927 bits per heavy atom. The van der Waals surface area contributed by atoms with Gasteiger partial charge in [-0.05, 0) is 42.2 Å². The van der Waals surface area contributed by atoms with Crippen molar-refractivity contribution in [1.29, 1.82) is 0 Å². The van der Waals surface area contributed by atoms with Crippen LogP contribution in [-0.2, 0) is 35.0 Å². The van der Waals surface area contributed by atoms with E-state index < -0.39 is 48.9 Å². The first-order valence-electron chi connectivity index (χ1n) is 12.3. The van der Waals surface area contributed by atoms with Gasteiger partial charge in [0, 0.05) is 27.4 Å². The standard InChI is InChI=1S/C28H27Cl2F3N2O6/c1-39-21(36)13-20-24(27(38)41-3)25(22-16(29)8-6-9-17(22)30)23(26(37)40-2)19(35-20)12-11-15-7-4-5-10-18(15)34-14-28(31,32)33/h4-10,24-25,34H,11-14H2,1-3H3. The van der Waals surface area contributed by atoms with Crippen LogP contribution in [0.25, 0.3) is 0 Å². The number of halogens is 5. The molecule has 0 saturated heterocycles. The summed E-state index contributed by atoms with van der Waals surface area (Å²) in [5.41, 5.74) is 1.11. The summed E-state index contributed by atoms with van der Waals surface area (Å²) in [5, 5.41) is 2.66. The number of methoxy groups -OCH3 is 3. The van der Waals surface area contributed by atoms with Crippen molar-refractivity contribution in [2.24, 2.45) is 10.9 Å². The van der Waals surface area contributed by atoms with Gasteiger partial charge >= 0.3 is 24.1 Å². The third-order valence-electron chi connectivity index (χ3n) is 6.44. The first-order valence-corrected chi connectivity index (χ1v) is 13.0.